The minimum atomic E-state index is -0.273. The van der Waals surface area contributed by atoms with Crippen LogP contribution in [0.2, 0.25) is 0 Å². The quantitative estimate of drug-likeness (QED) is 0.801. The lowest BCUT2D eigenvalue weighted by Gasteiger charge is -2.13. The number of benzene rings is 2. The maximum absolute atomic E-state index is 12.8. The van der Waals surface area contributed by atoms with Crippen molar-refractivity contribution in [1.29, 1.82) is 0 Å². The van der Waals surface area contributed by atoms with Gasteiger partial charge in [0.15, 0.2) is 5.75 Å². The summed E-state index contributed by atoms with van der Waals surface area (Å²) in [4.78, 5) is 17.1. The summed E-state index contributed by atoms with van der Waals surface area (Å²) in [7, 11) is 3.08. The molecule has 116 valence electrons. The molecule has 1 amide bonds. The van der Waals surface area contributed by atoms with Crippen molar-refractivity contribution in [1.82, 2.24) is 4.98 Å². The lowest BCUT2D eigenvalue weighted by molar-refractivity contribution is 0.102. The maximum Gasteiger partial charge on any atom is 0.260 e. The molecule has 0 saturated heterocycles. The van der Waals surface area contributed by atoms with E-state index < -0.39 is 0 Å². The van der Waals surface area contributed by atoms with E-state index >= 15 is 0 Å². The van der Waals surface area contributed by atoms with Crippen LogP contribution in [-0.2, 0) is 0 Å². The first-order chi connectivity index (χ1) is 11.2. The Bertz CT molecular complexity index is 862. The second-order valence-electron chi connectivity index (χ2n) is 4.87. The van der Waals surface area contributed by atoms with Gasteiger partial charge in [0.05, 0.1) is 37.2 Å². The van der Waals surface area contributed by atoms with Crippen molar-refractivity contribution in [2.24, 2.45) is 0 Å². The molecule has 0 atom stereocenters. The number of para-hydroxylation sites is 3. The predicted octanol–water partition coefficient (Wildman–Crippen LogP) is 3.50. The van der Waals surface area contributed by atoms with Crippen LogP contribution in [0.5, 0.6) is 11.5 Å². The molecule has 3 aromatic rings. The van der Waals surface area contributed by atoms with Gasteiger partial charge in [0.25, 0.3) is 5.91 Å². The van der Waals surface area contributed by atoms with Crippen LogP contribution in [0.25, 0.3) is 10.9 Å². The minimum Gasteiger partial charge on any atom is -0.495 e. The van der Waals surface area contributed by atoms with E-state index in [2.05, 4.69) is 10.3 Å². The number of anilines is 1. The summed E-state index contributed by atoms with van der Waals surface area (Å²) in [5.41, 5.74) is 1.78. The number of rotatable bonds is 4. The zero-order valence-corrected chi connectivity index (χ0v) is 12.9. The van der Waals surface area contributed by atoms with E-state index in [0.29, 0.717) is 22.7 Å². The number of methoxy groups -OCH3 is 2. The van der Waals surface area contributed by atoms with Gasteiger partial charge in [-0.05, 0) is 18.2 Å². The summed E-state index contributed by atoms with van der Waals surface area (Å²) in [6.45, 7) is 0. The van der Waals surface area contributed by atoms with Gasteiger partial charge in [-0.2, -0.15) is 0 Å². The SMILES string of the molecule is COc1ccccc1NC(=O)c1c(OC)cnc2ccccc12. The first-order valence-corrected chi connectivity index (χ1v) is 7.10. The Labute approximate surface area is 133 Å². The lowest BCUT2D eigenvalue weighted by Crippen LogP contribution is -2.14. The Balaban J connectivity index is 2.07. The molecule has 0 fully saturated rings. The van der Waals surface area contributed by atoms with Gasteiger partial charge in [-0.15, -0.1) is 0 Å². The Hall–Kier alpha value is -3.08. The van der Waals surface area contributed by atoms with E-state index in [-0.39, 0.29) is 5.91 Å². The standard InChI is InChI=1S/C18H16N2O3/c1-22-15-10-6-5-9-14(15)20-18(21)17-12-7-3-4-8-13(12)19-11-16(17)23-2/h3-11H,1-2H3,(H,20,21). The zero-order valence-electron chi connectivity index (χ0n) is 12.9. The topological polar surface area (TPSA) is 60.5 Å². The summed E-state index contributed by atoms with van der Waals surface area (Å²) in [5.74, 6) is 0.749. The summed E-state index contributed by atoms with van der Waals surface area (Å²) in [5, 5.41) is 3.61. The summed E-state index contributed by atoms with van der Waals surface area (Å²) in [6.07, 6.45) is 1.56. The molecule has 5 nitrogen and oxygen atoms in total. The highest BCUT2D eigenvalue weighted by molar-refractivity contribution is 6.14. The molecule has 3 rings (SSSR count). The van der Waals surface area contributed by atoms with Crippen molar-refractivity contribution in [3.63, 3.8) is 0 Å². The molecule has 0 radical (unpaired) electrons. The summed E-state index contributed by atoms with van der Waals surface area (Å²) >= 11 is 0. The minimum absolute atomic E-state index is 0.273. The average molecular weight is 308 g/mol. The van der Waals surface area contributed by atoms with Crippen LogP contribution < -0.4 is 14.8 Å². The van der Waals surface area contributed by atoms with Crippen LogP contribution >= 0.6 is 0 Å². The van der Waals surface area contributed by atoms with Crippen LogP contribution in [0.3, 0.4) is 0 Å². The second-order valence-corrected chi connectivity index (χ2v) is 4.87. The molecule has 5 heteroatoms. The van der Waals surface area contributed by atoms with Gasteiger partial charge >= 0.3 is 0 Å². The number of aromatic nitrogens is 1. The fraction of sp³-hybridized carbons (Fsp3) is 0.111. The Kier molecular flexibility index (Phi) is 4.10. The third-order valence-electron chi connectivity index (χ3n) is 3.54. The molecule has 1 heterocycles. The monoisotopic (exact) mass is 308 g/mol. The van der Waals surface area contributed by atoms with E-state index in [1.165, 1.54) is 7.11 Å². The van der Waals surface area contributed by atoms with Crippen molar-refractivity contribution in [3.8, 4) is 11.5 Å². The van der Waals surface area contributed by atoms with E-state index in [0.717, 1.165) is 10.9 Å². The van der Waals surface area contributed by atoms with Crippen LogP contribution in [0.15, 0.2) is 54.7 Å². The van der Waals surface area contributed by atoms with Crippen molar-refractivity contribution in [2.75, 3.05) is 19.5 Å². The third kappa shape index (κ3) is 2.81. The number of hydrogen-bond donors (Lipinski definition) is 1. The van der Waals surface area contributed by atoms with E-state index in [4.69, 9.17) is 9.47 Å². The van der Waals surface area contributed by atoms with Crippen molar-refractivity contribution in [3.05, 3.63) is 60.3 Å². The molecular formula is C18H16N2O3. The first kappa shape index (κ1) is 14.8. The predicted molar refractivity (Wildman–Crippen MR) is 89.2 cm³/mol. The fourth-order valence-electron chi connectivity index (χ4n) is 2.44. The largest absolute Gasteiger partial charge is 0.495 e. The molecule has 1 N–H and O–H groups in total. The van der Waals surface area contributed by atoms with Gasteiger partial charge in [0.1, 0.15) is 5.75 Å². The van der Waals surface area contributed by atoms with Gasteiger partial charge in [0.2, 0.25) is 0 Å². The van der Waals surface area contributed by atoms with Gasteiger partial charge < -0.3 is 14.8 Å². The van der Waals surface area contributed by atoms with Gasteiger partial charge in [-0.3, -0.25) is 9.78 Å². The van der Waals surface area contributed by atoms with E-state index in [1.807, 2.05) is 36.4 Å². The number of carbonyl (C=O) groups is 1. The molecule has 1 aromatic heterocycles. The number of ether oxygens (including phenoxy) is 2. The highest BCUT2D eigenvalue weighted by Gasteiger charge is 2.18. The van der Waals surface area contributed by atoms with Crippen LogP contribution in [-0.4, -0.2) is 25.1 Å². The number of hydrogen-bond acceptors (Lipinski definition) is 4. The molecule has 0 bridgehead atoms. The Morgan fingerprint density at radius 1 is 0.957 bits per heavy atom. The number of nitrogens with one attached hydrogen (secondary N) is 1. The van der Waals surface area contributed by atoms with Gasteiger partial charge in [-0.1, -0.05) is 30.3 Å². The molecule has 0 saturated carbocycles. The second kappa shape index (κ2) is 6.36. The zero-order chi connectivity index (χ0) is 16.2. The number of amides is 1. The van der Waals surface area contributed by atoms with Crippen LogP contribution in [0.1, 0.15) is 10.4 Å². The van der Waals surface area contributed by atoms with E-state index in [9.17, 15) is 4.79 Å². The number of fused-ring (bicyclic) bond motifs is 1. The van der Waals surface area contributed by atoms with E-state index in [1.54, 1.807) is 25.4 Å². The van der Waals surface area contributed by atoms with Crippen LogP contribution in [0.4, 0.5) is 5.69 Å². The molecule has 0 unspecified atom stereocenters. The van der Waals surface area contributed by atoms with Gasteiger partial charge in [-0.25, -0.2) is 0 Å². The average Bonchev–Trinajstić information content (AvgIpc) is 2.61. The molecule has 23 heavy (non-hydrogen) atoms. The van der Waals surface area contributed by atoms with Crippen molar-refractivity contribution in [2.45, 2.75) is 0 Å². The molecule has 2 aromatic carbocycles. The number of nitrogens with zero attached hydrogens (tertiary/aromatic N) is 1. The third-order valence-corrected chi connectivity index (χ3v) is 3.54. The smallest absolute Gasteiger partial charge is 0.260 e. The van der Waals surface area contributed by atoms with Crippen LogP contribution in [0, 0.1) is 0 Å². The fourth-order valence-corrected chi connectivity index (χ4v) is 2.44. The van der Waals surface area contributed by atoms with Gasteiger partial charge in [0, 0.05) is 5.39 Å². The molecular weight excluding hydrogens is 292 g/mol. The highest BCUT2D eigenvalue weighted by Crippen LogP contribution is 2.29. The number of carbonyl (C=O) groups excluding carboxylic acids is 1. The summed E-state index contributed by atoms with van der Waals surface area (Å²) in [6, 6.07) is 14.7. The number of pyridine rings is 1. The molecule has 0 spiro atoms. The molecule has 0 aliphatic rings. The normalized spacial score (nSPS) is 10.3. The maximum atomic E-state index is 12.8. The highest BCUT2D eigenvalue weighted by atomic mass is 16.5. The van der Waals surface area contributed by atoms with Crippen molar-refractivity contribution < 1.29 is 14.3 Å². The first-order valence-electron chi connectivity index (χ1n) is 7.10. The molecule has 0 aliphatic carbocycles. The molecule has 0 aliphatic heterocycles. The Morgan fingerprint density at radius 2 is 1.65 bits per heavy atom. The Morgan fingerprint density at radius 3 is 2.43 bits per heavy atom. The summed E-state index contributed by atoms with van der Waals surface area (Å²) < 4.78 is 10.6. The van der Waals surface area contributed by atoms with Crippen molar-refractivity contribution >= 4 is 22.5 Å². The lowest BCUT2D eigenvalue weighted by atomic mass is 10.1.